The zero-order valence-corrected chi connectivity index (χ0v) is 10.2. The number of benzene rings is 1. The molecule has 0 saturated heterocycles. The Bertz CT molecular complexity index is 312. The molecule has 0 aliphatic heterocycles. The van der Waals surface area contributed by atoms with Crippen molar-refractivity contribution in [2.45, 2.75) is 26.3 Å². The van der Waals surface area contributed by atoms with Crippen molar-refractivity contribution in [3.63, 3.8) is 0 Å². The van der Waals surface area contributed by atoms with Crippen LogP contribution in [0.3, 0.4) is 0 Å². The zero-order chi connectivity index (χ0) is 11.3. The molecule has 1 aromatic carbocycles. The number of hydrogen-bond donors (Lipinski definition) is 1. The topological polar surface area (TPSA) is 29.3 Å². The molecule has 0 bridgehead atoms. The molecule has 2 nitrogen and oxygen atoms in total. The van der Waals surface area contributed by atoms with Crippen LogP contribution < -0.4 is 10.6 Å². The van der Waals surface area contributed by atoms with E-state index >= 15 is 0 Å². The fourth-order valence-corrected chi connectivity index (χ4v) is 2.00. The lowest BCUT2D eigenvalue weighted by Gasteiger charge is -2.23. The molecule has 0 amide bonds. The standard InChI is InChI=1S/C12H19ClN2/c1-3-4-8-15(2)12-10(9-14)6-5-7-11(12)13/h5-7H,3-4,8-9,14H2,1-2H3. The largest absolute Gasteiger partial charge is 0.373 e. The normalized spacial score (nSPS) is 10.4. The summed E-state index contributed by atoms with van der Waals surface area (Å²) < 4.78 is 0. The van der Waals surface area contributed by atoms with Gasteiger partial charge in [0, 0.05) is 20.1 Å². The molecule has 0 saturated carbocycles. The third-order valence-electron chi connectivity index (χ3n) is 2.52. The second kappa shape index (κ2) is 5.99. The van der Waals surface area contributed by atoms with Crippen molar-refractivity contribution in [2.75, 3.05) is 18.5 Å². The number of hydrogen-bond acceptors (Lipinski definition) is 2. The molecule has 0 heterocycles. The number of nitrogens with zero attached hydrogens (tertiary/aromatic N) is 1. The van der Waals surface area contributed by atoms with Gasteiger partial charge >= 0.3 is 0 Å². The number of nitrogens with two attached hydrogens (primary N) is 1. The highest BCUT2D eigenvalue weighted by molar-refractivity contribution is 6.33. The summed E-state index contributed by atoms with van der Waals surface area (Å²) in [5.74, 6) is 0. The molecular weight excluding hydrogens is 208 g/mol. The molecule has 0 radical (unpaired) electrons. The lowest BCUT2D eigenvalue weighted by atomic mass is 10.1. The zero-order valence-electron chi connectivity index (χ0n) is 9.46. The van der Waals surface area contributed by atoms with Gasteiger partial charge in [0.05, 0.1) is 10.7 Å². The summed E-state index contributed by atoms with van der Waals surface area (Å²) in [5.41, 5.74) is 7.89. The fourth-order valence-electron chi connectivity index (χ4n) is 1.66. The minimum atomic E-state index is 0.534. The van der Waals surface area contributed by atoms with Gasteiger partial charge < -0.3 is 10.6 Å². The van der Waals surface area contributed by atoms with Crippen molar-refractivity contribution >= 4 is 17.3 Å². The molecule has 0 spiro atoms. The van der Waals surface area contributed by atoms with Crippen molar-refractivity contribution in [1.29, 1.82) is 0 Å². The molecule has 0 unspecified atom stereocenters. The van der Waals surface area contributed by atoms with Crippen LogP contribution in [0.5, 0.6) is 0 Å². The Labute approximate surface area is 97.0 Å². The first kappa shape index (κ1) is 12.3. The van der Waals surface area contributed by atoms with Crippen LogP contribution in [0.25, 0.3) is 0 Å². The van der Waals surface area contributed by atoms with Gasteiger partial charge in [-0.25, -0.2) is 0 Å². The van der Waals surface area contributed by atoms with Crippen LogP contribution in [0.4, 0.5) is 5.69 Å². The second-order valence-corrected chi connectivity index (χ2v) is 4.13. The van der Waals surface area contributed by atoms with Crippen LogP contribution >= 0.6 is 11.6 Å². The van der Waals surface area contributed by atoms with Gasteiger partial charge in [-0.1, -0.05) is 37.1 Å². The molecule has 0 aliphatic carbocycles. The minimum absolute atomic E-state index is 0.534. The van der Waals surface area contributed by atoms with E-state index in [1.54, 1.807) is 0 Å². The first-order chi connectivity index (χ1) is 7.20. The molecule has 0 atom stereocenters. The number of halogens is 1. The number of anilines is 1. The van der Waals surface area contributed by atoms with Crippen LogP contribution in [-0.4, -0.2) is 13.6 Å². The molecule has 2 N–H and O–H groups in total. The Morgan fingerprint density at radius 2 is 2.13 bits per heavy atom. The molecular formula is C12H19ClN2. The van der Waals surface area contributed by atoms with Crippen LogP contribution in [0, 0.1) is 0 Å². The molecule has 1 rings (SSSR count). The van der Waals surface area contributed by atoms with E-state index in [-0.39, 0.29) is 0 Å². The summed E-state index contributed by atoms with van der Waals surface area (Å²) in [6.45, 7) is 3.74. The second-order valence-electron chi connectivity index (χ2n) is 3.73. The quantitative estimate of drug-likeness (QED) is 0.836. The van der Waals surface area contributed by atoms with Gasteiger partial charge in [0.25, 0.3) is 0 Å². The first-order valence-electron chi connectivity index (χ1n) is 5.39. The van der Waals surface area contributed by atoms with Gasteiger partial charge in [0.1, 0.15) is 0 Å². The third-order valence-corrected chi connectivity index (χ3v) is 2.82. The van der Waals surface area contributed by atoms with Crippen molar-refractivity contribution in [3.05, 3.63) is 28.8 Å². The summed E-state index contributed by atoms with van der Waals surface area (Å²) in [5, 5.41) is 0.788. The van der Waals surface area contributed by atoms with Gasteiger partial charge in [-0.3, -0.25) is 0 Å². The molecule has 1 aromatic rings. The van der Waals surface area contributed by atoms with Gasteiger partial charge in [0.15, 0.2) is 0 Å². The molecule has 15 heavy (non-hydrogen) atoms. The van der Waals surface area contributed by atoms with Gasteiger partial charge in [0.2, 0.25) is 0 Å². The van der Waals surface area contributed by atoms with Gasteiger partial charge in [-0.05, 0) is 18.1 Å². The van der Waals surface area contributed by atoms with E-state index in [1.165, 1.54) is 12.8 Å². The van der Waals surface area contributed by atoms with Crippen molar-refractivity contribution in [1.82, 2.24) is 0 Å². The average molecular weight is 227 g/mol. The maximum atomic E-state index is 6.18. The van der Waals surface area contributed by atoms with Crippen LogP contribution in [0.15, 0.2) is 18.2 Å². The smallest absolute Gasteiger partial charge is 0.0642 e. The molecule has 0 fully saturated rings. The Morgan fingerprint density at radius 3 is 2.73 bits per heavy atom. The number of para-hydroxylation sites is 1. The van der Waals surface area contributed by atoms with E-state index < -0.39 is 0 Å². The molecule has 84 valence electrons. The van der Waals surface area contributed by atoms with Crippen LogP contribution in [0.2, 0.25) is 5.02 Å². The first-order valence-corrected chi connectivity index (χ1v) is 5.77. The lowest BCUT2D eigenvalue weighted by Crippen LogP contribution is -2.21. The number of rotatable bonds is 5. The monoisotopic (exact) mass is 226 g/mol. The Balaban J connectivity index is 2.90. The minimum Gasteiger partial charge on any atom is -0.373 e. The third kappa shape index (κ3) is 3.11. The summed E-state index contributed by atoms with van der Waals surface area (Å²) in [4.78, 5) is 2.19. The predicted molar refractivity (Wildman–Crippen MR) is 67.5 cm³/mol. The number of unbranched alkanes of at least 4 members (excludes halogenated alkanes) is 1. The highest BCUT2D eigenvalue weighted by Gasteiger charge is 2.09. The predicted octanol–water partition coefficient (Wildman–Crippen LogP) is 3.04. The molecule has 3 heteroatoms. The van der Waals surface area contributed by atoms with E-state index in [0.717, 1.165) is 22.8 Å². The van der Waals surface area contributed by atoms with E-state index in [9.17, 15) is 0 Å². The maximum Gasteiger partial charge on any atom is 0.0642 e. The van der Waals surface area contributed by atoms with E-state index in [1.807, 2.05) is 18.2 Å². The maximum absolute atomic E-state index is 6.18. The molecule has 0 aromatic heterocycles. The van der Waals surface area contributed by atoms with Crippen molar-refractivity contribution < 1.29 is 0 Å². The summed E-state index contributed by atoms with van der Waals surface area (Å²) >= 11 is 6.18. The van der Waals surface area contributed by atoms with Crippen LogP contribution in [0.1, 0.15) is 25.3 Å². The van der Waals surface area contributed by atoms with E-state index in [2.05, 4.69) is 18.9 Å². The SMILES string of the molecule is CCCCN(C)c1c(Cl)cccc1CN. The van der Waals surface area contributed by atoms with E-state index in [0.29, 0.717) is 6.54 Å². The summed E-state index contributed by atoms with van der Waals surface area (Å²) in [7, 11) is 2.07. The highest BCUT2D eigenvalue weighted by Crippen LogP contribution is 2.28. The Kier molecular flexibility index (Phi) is 4.92. The molecule has 0 aliphatic rings. The average Bonchev–Trinajstić information content (AvgIpc) is 2.25. The van der Waals surface area contributed by atoms with Crippen LogP contribution in [-0.2, 0) is 6.54 Å². The highest BCUT2D eigenvalue weighted by atomic mass is 35.5. The van der Waals surface area contributed by atoms with Crippen molar-refractivity contribution in [3.8, 4) is 0 Å². The summed E-state index contributed by atoms with van der Waals surface area (Å²) in [6.07, 6.45) is 2.36. The van der Waals surface area contributed by atoms with Gasteiger partial charge in [-0.15, -0.1) is 0 Å². The van der Waals surface area contributed by atoms with Crippen molar-refractivity contribution in [2.24, 2.45) is 5.73 Å². The Morgan fingerprint density at radius 1 is 1.40 bits per heavy atom. The Hall–Kier alpha value is -0.730. The summed E-state index contributed by atoms with van der Waals surface area (Å²) in [6, 6.07) is 5.89. The van der Waals surface area contributed by atoms with Gasteiger partial charge in [-0.2, -0.15) is 0 Å². The van der Waals surface area contributed by atoms with E-state index in [4.69, 9.17) is 17.3 Å². The lowest BCUT2D eigenvalue weighted by molar-refractivity contribution is 0.763. The fraction of sp³-hybridized carbons (Fsp3) is 0.500.